The van der Waals surface area contributed by atoms with Gasteiger partial charge in [0.25, 0.3) is 11.6 Å². The number of carbonyl (C=O) groups is 1. The average Bonchev–Trinajstić information content (AvgIpc) is 2.70. The number of rotatable bonds is 6. The molecule has 0 heterocycles. The second kappa shape index (κ2) is 8.60. The average molecular weight is 418 g/mol. The maximum atomic E-state index is 12.4. The molecule has 2 aromatic rings. The summed E-state index contributed by atoms with van der Waals surface area (Å²) in [5, 5.41) is 13.8. The van der Waals surface area contributed by atoms with E-state index >= 15 is 0 Å². The molecular weight excluding hydrogens is 396 g/mol. The highest BCUT2D eigenvalue weighted by atomic mass is 32.2. The summed E-state index contributed by atoms with van der Waals surface area (Å²) in [5.41, 5.74) is 0.0579. The summed E-state index contributed by atoms with van der Waals surface area (Å²) in [6, 6.07) is 10.5. The van der Waals surface area contributed by atoms with Crippen LogP contribution < -0.4 is 9.50 Å². The Balaban J connectivity index is 1.66. The molecule has 8 nitrogen and oxygen atoms in total. The van der Waals surface area contributed by atoms with Gasteiger partial charge < -0.3 is 9.50 Å². The number of amides is 1. The van der Waals surface area contributed by atoms with Crippen molar-refractivity contribution in [3.63, 3.8) is 0 Å². The summed E-state index contributed by atoms with van der Waals surface area (Å²) >= 11 is 0. The Labute approximate surface area is 169 Å². The minimum atomic E-state index is -4.24. The summed E-state index contributed by atoms with van der Waals surface area (Å²) in [6.45, 7) is 2.21. The number of nitro groups is 1. The van der Waals surface area contributed by atoms with Crippen molar-refractivity contribution in [2.24, 2.45) is 5.92 Å². The molecule has 1 aliphatic carbocycles. The molecule has 1 N–H and O–H groups in total. The molecule has 2 aromatic carbocycles. The Hall–Kier alpha value is -2.94. The topological polar surface area (TPSA) is 116 Å². The van der Waals surface area contributed by atoms with Crippen molar-refractivity contribution < 1.29 is 22.3 Å². The van der Waals surface area contributed by atoms with Gasteiger partial charge in [0.1, 0.15) is 10.6 Å². The molecular formula is C20H22N2O6S. The van der Waals surface area contributed by atoms with Gasteiger partial charge in [-0.25, -0.2) is 0 Å². The smallest absolute Gasteiger partial charge is 0.339 e. The van der Waals surface area contributed by atoms with Crippen molar-refractivity contribution in [2.75, 3.05) is 0 Å². The van der Waals surface area contributed by atoms with Crippen LogP contribution in [0.2, 0.25) is 0 Å². The van der Waals surface area contributed by atoms with E-state index in [1.165, 1.54) is 42.5 Å². The van der Waals surface area contributed by atoms with Crippen molar-refractivity contribution in [3.8, 4) is 5.75 Å². The van der Waals surface area contributed by atoms with Gasteiger partial charge in [-0.2, -0.15) is 8.42 Å². The molecule has 0 spiro atoms. The van der Waals surface area contributed by atoms with Crippen molar-refractivity contribution in [1.29, 1.82) is 0 Å². The molecule has 1 fully saturated rings. The molecule has 0 saturated heterocycles. The number of nitrogens with one attached hydrogen (secondary N) is 1. The van der Waals surface area contributed by atoms with Crippen LogP contribution in [0.5, 0.6) is 5.75 Å². The number of hydrogen-bond donors (Lipinski definition) is 1. The normalized spacial score (nSPS) is 19.3. The second-order valence-corrected chi connectivity index (χ2v) is 8.79. The number of hydrogen-bond acceptors (Lipinski definition) is 6. The van der Waals surface area contributed by atoms with E-state index in [-0.39, 0.29) is 28.3 Å². The first kappa shape index (κ1) is 20.8. The molecule has 0 bridgehead atoms. The van der Waals surface area contributed by atoms with Crippen LogP contribution in [0.15, 0.2) is 53.4 Å². The first-order valence-electron chi connectivity index (χ1n) is 9.34. The molecule has 1 aliphatic rings. The third-order valence-corrected chi connectivity index (χ3v) is 6.23. The Morgan fingerprint density at radius 3 is 2.38 bits per heavy atom. The Morgan fingerprint density at radius 1 is 1.10 bits per heavy atom. The first-order chi connectivity index (χ1) is 13.7. The van der Waals surface area contributed by atoms with E-state index in [2.05, 4.69) is 12.2 Å². The highest BCUT2D eigenvalue weighted by Gasteiger charge is 2.22. The largest absolute Gasteiger partial charge is 0.379 e. The third kappa shape index (κ3) is 5.32. The molecule has 0 aliphatic heterocycles. The molecule has 154 valence electrons. The Bertz CT molecular complexity index is 996. The van der Waals surface area contributed by atoms with E-state index in [1.54, 1.807) is 0 Å². The minimum absolute atomic E-state index is 0.0135. The fourth-order valence-electron chi connectivity index (χ4n) is 3.26. The van der Waals surface area contributed by atoms with Gasteiger partial charge in [0, 0.05) is 23.7 Å². The molecule has 0 unspecified atom stereocenters. The first-order valence-corrected chi connectivity index (χ1v) is 10.8. The van der Waals surface area contributed by atoms with Gasteiger partial charge >= 0.3 is 10.1 Å². The maximum absolute atomic E-state index is 12.4. The van der Waals surface area contributed by atoms with E-state index in [4.69, 9.17) is 4.18 Å². The van der Waals surface area contributed by atoms with Crippen molar-refractivity contribution >= 4 is 21.7 Å². The van der Waals surface area contributed by atoms with Crippen LogP contribution >= 0.6 is 0 Å². The zero-order valence-corrected chi connectivity index (χ0v) is 16.7. The highest BCUT2D eigenvalue weighted by molar-refractivity contribution is 7.87. The summed E-state index contributed by atoms with van der Waals surface area (Å²) in [7, 11) is -4.24. The van der Waals surface area contributed by atoms with Gasteiger partial charge in [0.05, 0.1) is 4.92 Å². The van der Waals surface area contributed by atoms with E-state index in [1.807, 2.05) is 0 Å². The van der Waals surface area contributed by atoms with Gasteiger partial charge in [-0.05, 0) is 61.9 Å². The lowest BCUT2D eigenvalue weighted by atomic mass is 9.87. The van der Waals surface area contributed by atoms with E-state index in [9.17, 15) is 23.3 Å². The van der Waals surface area contributed by atoms with E-state index in [0.717, 1.165) is 31.7 Å². The minimum Gasteiger partial charge on any atom is -0.379 e. The van der Waals surface area contributed by atoms with Gasteiger partial charge in [0.2, 0.25) is 0 Å². The summed E-state index contributed by atoms with van der Waals surface area (Å²) in [4.78, 5) is 22.2. The summed E-state index contributed by atoms with van der Waals surface area (Å²) < 4.78 is 29.8. The number of non-ortho nitro benzene ring substituents is 1. The van der Waals surface area contributed by atoms with Gasteiger partial charge in [0.15, 0.2) is 0 Å². The third-order valence-electron chi connectivity index (χ3n) is 4.99. The van der Waals surface area contributed by atoms with Crippen LogP contribution in [-0.2, 0) is 10.1 Å². The summed E-state index contributed by atoms with van der Waals surface area (Å²) in [5.74, 6) is 0.491. The predicted octanol–water partition coefficient (Wildman–Crippen LogP) is 3.67. The molecule has 29 heavy (non-hydrogen) atoms. The lowest BCUT2D eigenvalue weighted by Gasteiger charge is -2.26. The molecule has 3 rings (SSSR count). The van der Waals surface area contributed by atoms with E-state index in [0.29, 0.717) is 11.5 Å². The number of nitrogens with zero attached hydrogens (tertiary/aromatic N) is 1. The number of nitro benzene ring substituents is 1. The van der Waals surface area contributed by atoms with Crippen LogP contribution in [0.25, 0.3) is 0 Å². The maximum Gasteiger partial charge on any atom is 0.339 e. The zero-order valence-electron chi connectivity index (χ0n) is 15.9. The lowest BCUT2D eigenvalue weighted by Crippen LogP contribution is -2.37. The standard InChI is InChI=1S/C20H22N2O6S/c1-14-5-9-16(10-6-14)21-20(23)15-7-11-18(12-8-15)28-29(26,27)19-4-2-3-17(13-19)22(24)25/h2-4,7-8,11-14,16H,5-6,9-10H2,1H3,(H,21,23). The fraction of sp³-hybridized carbons (Fsp3) is 0.350. The quantitative estimate of drug-likeness (QED) is 0.435. The Kier molecular flexibility index (Phi) is 6.17. The molecule has 1 amide bonds. The van der Waals surface area contributed by atoms with Crippen molar-refractivity contribution in [1.82, 2.24) is 5.32 Å². The SMILES string of the molecule is CC1CCC(NC(=O)c2ccc(OS(=O)(=O)c3cccc([N+](=O)[O-])c3)cc2)CC1. The summed E-state index contributed by atoms with van der Waals surface area (Å²) in [6.07, 6.45) is 4.09. The van der Waals surface area contributed by atoms with Gasteiger partial charge in [-0.1, -0.05) is 13.0 Å². The van der Waals surface area contributed by atoms with Crippen LogP contribution in [0.3, 0.4) is 0 Å². The van der Waals surface area contributed by atoms with Crippen molar-refractivity contribution in [3.05, 3.63) is 64.2 Å². The monoisotopic (exact) mass is 418 g/mol. The molecule has 0 radical (unpaired) electrons. The zero-order chi connectivity index (χ0) is 21.0. The molecule has 9 heteroatoms. The van der Waals surface area contributed by atoms with E-state index < -0.39 is 15.0 Å². The fourth-order valence-corrected chi connectivity index (χ4v) is 4.23. The van der Waals surface area contributed by atoms with Crippen LogP contribution in [0.1, 0.15) is 43.0 Å². The molecule has 0 aromatic heterocycles. The highest BCUT2D eigenvalue weighted by Crippen LogP contribution is 2.25. The molecule has 1 saturated carbocycles. The van der Waals surface area contributed by atoms with Gasteiger partial charge in [-0.15, -0.1) is 0 Å². The number of benzene rings is 2. The van der Waals surface area contributed by atoms with Crippen LogP contribution in [0.4, 0.5) is 5.69 Å². The second-order valence-electron chi connectivity index (χ2n) is 7.25. The number of carbonyl (C=O) groups excluding carboxylic acids is 1. The molecule has 0 atom stereocenters. The van der Waals surface area contributed by atoms with Crippen molar-refractivity contribution in [2.45, 2.75) is 43.5 Å². The van der Waals surface area contributed by atoms with Gasteiger partial charge in [-0.3, -0.25) is 14.9 Å². The van der Waals surface area contributed by atoms with Crippen LogP contribution in [-0.4, -0.2) is 25.3 Å². The van der Waals surface area contributed by atoms with Crippen LogP contribution in [0, 0.1) is 16.0 Å². The Morgan fingerprint density at radius 2 is 1.76 bits per heavy atom. The lowest BCUT2D eigenvalue weighted by molar-refractivity contribution is -0.385. The predicted molar refractivity (Wildman–Crippen MR) is 106 cm³/mol.